The average molecular weight is 284 g/mol. The monoisotopic (exact) mass is 284 g/mol. The Labute approximate surface area is 117 Å². The number of aryl methyl sites for hydroxylation is 1. The molecule has 2 aliphatic rings. The second-order valence-electron chi connectivity index (χ2n) is 5.85. The SMILES string of the molecule is Fc1c(C(F)F)ccc2c1OC(C1CCCCC1)CC2. The third-order valence-electron chi connectivity index (χ3n) is 4.59. The lowest BCUT2D eigenvalue weighted by Crippen LogP contribution is -2.32. The fraction of sp³-hybridized carbons (Fsp3) is 0.625. The fourth-order valence-electron chi connectivity index (χ4n) is 3.45. The van der Waals surface area contributed by atoms with Gasteiger partial charge in [0.1, 0.15) is 6.10 Å². The average Bonchev–Trinajstić information content (AvgIpc) is 2.48. The molecule has 1 fully saturated rings. The predicted molar refractivity (Wildman–Crippen MR) is 70.7 cm³/mol. The van der Waals surface area contributed by atoms with Gasteiger partial charge in [-0.3, -0.25) is 0 Å². The summed E-state index contributed by atoms with van der Waals surface area (Å²) in [7, 11) is 0. The maximum absolute atomic E-state index is 14.1. The van der Waals surface area contributed by atoms with E-state index < -0.39 is 17.8 Å². The van der Waals surface area contributed by atoms with Crippen LogP contribution in [0.15, 0.2) is 12.1 Å². The standard InChI is InChI=1S/C16H19F3O/c17-14-12(16(18)19)8-6-11-7-9-13(20-15(11)14)10-4-2-1-3-5-10/h6,8,10,13,16H,1-5,7,9H2. The van der Waals surface area contributed by atoms with Crippen LogP contribution in [0.25, 0.3) is 0 Å². The van der Waals surface area contributed by atoms with E-state index in [1.807, 2.05) is 0 Å². The number of hydrogen-bond donors (Lipinski definition) is 0. The normalized spacial score (nSPS) is 23.5. The van der Waals surface area contributed by atoms with Crippen molar-refractivity contribution in [3.63, 3.8) is 0 Å². The molecule has 0 aromatic heterocycles. The molecule has 1 aliphatic carbocycles. The molecule has 110 valence electrons. The summed E-state index contributed by atoms with van der Waals surface area (Å²) in [5.74, 6) is -0.339. The van der Waals surface area contributed by atoms with Crippen molar-refractivity contribution in [2.24, 2.45) is 5.92 Å². The van der Waals surface area contributed by atoms with E-state index in [-0.39, 0.29) is 11.9 Å². The first kappa shape index (κ1) is 13.8. The van der Waals surface area contributed by atoms with Gasteiger partial charge in [-0.2, -0.15) is 0 Å². The zero-order valence-electron chi connectivity index (χ0n) is 11.4. The van der Waals surface area contributed by atoms with Crippen molar-refractivity contribution >= 4 is 0 Å². The smallest absolute Gasteiger partial charge is 0.266 e. The third-order valence-corrected chi connectivity index (χ3v) is 4.59. The summed E-state index contributed by atoms with van der Waals surface area (Å²) in [5, 5.41) is 0. The van der Waals surface area contributed by atoms with Crippen LogP contribution in [-0.4, -0.2) is 6.10 Å². The number of ether oxygens (including phenoxy) is 1. The lowest BCUT2D eigenvalue weighted by molar-refractivity contribution is 0.0810. The summed E-state index contributed by atoms with van der Waals surface area (Å²) in [6.07, 6.45) is 4.63. The highest BCUT2D eigenvalue weighted by Gasteiger charge is 2.31. The Bertz CT molecular complexity index is 481. The third kappa shape index (κ3) is 2.52. The topological polar surface area (TPSA) is 9.23 Å². The maximum atomic E-state index is 14.1. The van der Waals surface area contributed by atoms with Crippen molar-refractivity contribution in [3.05, 3.63) is 29.1 Å². The van der Waals surface area contributed by atoms with Gasteiger partial charge in [-0.25, -0.2) is 13.2 Å². The summed E-state index contributed by atoms with van der Waals surface area (Å²) < 4.78 is 45.4. The second-order valence-corrected chi connectivity index (χ2v) is 5.85. The van der Waals surface area contributed by atoms with Crippen molar-refractivity contribution in [1.29, 1.82) is 0 Å². The molecule has 1 aromatic carbocycles. The summed E-state index contributed by atoms with van der Waals surface area (Å²) in [6, 6.07) is 2.76. The van der Waals surface area contributed by atoms with Crippen LogP contribution in [0.5, 0.6) is 5.75 Å². The molecule has 1 atom stereocenters. The van der Waals surface area contributed by atoms with Gasteiger partial charge in [-0.15, -0.1) is 0 Å². The number of halogens is 3. The minimum atomic E-state index is -2.79. The molecule has 1 heterocycles. The molecule has 0 N–H and O–H groups in total. The summed E-state index contributed by atoms with van der Waals surface area (Å²) >= 11 is 0. The van der Waals surface area contributed by atoms with Gasteiger partial charge in [0.15, 0.2) is 11.6 Å². The maximum Gasteiger partial charge on any atom is 0.266 e. The molecule has 1 unspecified atom stereocenters. The van der Waals surface area contributed by atoms with Gasteiger partial charge < -0.3 is 4.74 Å². The molecule has 1 nitrogen and oxygen atoms in total. The van der Waals surface area contributed by atoms with Crippen LogP contribution in [0.1, 0.15) is 56.1 Å². The largest absolute Gasteiger partial charge is 0.487 e. The lowest BCUT2D eigenvalue weighted by atomic mass is 9.82. The van der Waals surface area contributed by atoms with Crippen molar-refractivity contribution in [1.82, 2.24) is 0 Å². The Kier molecular flexibility index (Phi) is 3.90. The Balaban J connectivity index is 1.83. The van der Waals surface area contributed by atoms with Crippen molar-refractivity contribution < 1.29 is 17.9 Å². The summed E-state index contributed by atoms with van der Waals surface area (Å²) in [6.45, 7) is 0. The minimum Gasteiger partial charge on any atom is -0.487 e. The van der Waals surface area contributed by atoms with Gasteiger partial charge >= 0.3 is 0 Å². The first-order chi connectivity index (χ1) is 9.66. The molecule has 0 bridgehead atoms. The lowest BCUT2D eigenvalue weighted by Gasteiger charge is -2.34. The molecular formula is C16H19F3O. The second kappa shape index (κ2) is 5.66. The Morgan fingerprint density at radius 3 is 2.50 bits per heavy atom. The Hall–Kier alpha value is -1.19. The van der Waals surface area contributed by atoms with Gasteiger partial charge in [0, 0.05) is 0 Å². The van der Waals surface area contributed by atoms with Gasteiger partial charge in [0.05, 0.1) is 5.56 Å². The van der Waals surface area contributed by atoms with E-state index in [1.165, 1.54) is 25.3 Å². The number of benzene rings is 1. The highest BCUT2D eigenvalue weighted by atomic mass is 19.3. The van der Waals surface area contributed by atoms with Crippen molar-refractivity contribution in [2.75, 3.05) is 0 Å². The van der Waals surface area contributed by atoms with Gasteiger partial charge in [0.2, 0.25) is 0 Å². The van der Waals surface area contributed by atoms with E-state index in [2.05, 4.69) is 0 Å². The molecule has 20 heavy (non-hydrogen) atoms. The molecule has 0 saturated heterocycles. The molecular weight excluding hydrogens is 265 g/mol. The first-order valence-electron chi connectivity index (χ1n) is 7.43. The van der Waals surface area contributed by atoms with Crippen LogP contribution < -0.4 is 4.74 Å². The van der Waals surface area contributed by atoms with E-state index in [4.69, 9.17) is 4.74 Å². The van der Waals surface area contributed by atoms with E-state index in [1.54, 1.807) is 6.07 Å². The van der Waals surface area contributed by atoms with Crippen LogP contribution in [0.3, 0.4) is 0 Å². The van der Waals surface area contributed by atoms with Crippen molar-refractivity contribution in [3.8, 4) is 5.75 Å². The summed E-state index contributed by atoms with van der Waals surface area (Å²) in [4.78, 5) is 0. The number of rotatable bonds is 2. The Morgan fingerprint density at radius 1 is 1.05 bits per heavy atom. The number of hydrogen-bond acceptors (Lipinski definition) is 1. The van der Waals surface area contributed by atoms with Crippen molar-refractivity contribution in [2.45, 2.75) is 57.5 Å². The molecule has 0 radical (unpaired) electrons. The zero-order chi connectivity index (χ0) is 14.1. The number of fused-ring (bicyclic) bond motifs is 1. The molecule has 0 spiro atoms. The zero-order valence-corrected chi connectivity index (χ0v) is 11.4. The molecule has 1 aromatic rings. The van der Waals surface area contributed by atoms with E-state index in [0.717, 1.165) is 31.2 Å². The van der Waals surface area contributed by atoms with E-state index in [9.17, 15) is 13.2 Å². The molecule has 4 heteroatoms. The Morgan fingerprint density at radius 2 is 1.80 bits per heavy atom. The first-order valence-corrected chi connectivity index (χ1v) is 7.43. The molecule has 1 saturated carbocycles. The molecule has 0 amide bonds. The highest BCUT2D eigenvalue weighted by molar-refractivity contribution is 5.41. The van der Waals surface area contributed by atoms with Crippen LogP contribution in [0.2, 0.25) is 0 Å². The van der Waals surface area contributed by atoms with Crippen LogP contribution in [0, 0.1) is 11.7 Å². The van der Waals surface area contributed by atoms with E-state index in [0.29, 0.717) is 5.92 Å². The van der Waals surface area contributed by atoms with Crippen LogP contribution in [0.4, 0.5) is 13.2 Å². The van der Waals surface area contributed by atoms with E-state index >= 15 is 0 Å². The predicted octanol–water partition coefficient (Wildman–Crippen LogP) is 5.04. The van der Waals surface area contributed by atoms with Gasteiger partial charge in [0.25, 0.3) is 6.43 Å². The molecule has 1 aliphatic heterocycles. The van der Waals surface area contributed by atoms with Crippen LogP contribution in [-0.2, 0) is 6.42 Å². The van der Waals surface area contributed by atoms with Gasteiger partial charge in [-0.05, 0) is 43.2 Å². The highest BCUT2D eigenvalue weighted by Crippen LogP contribution is 2.39. The number of alkyl halides is 2. The molecule has 3 rings (SSSR count). The summed E-state index contributed by atoms with van der Waals surface area (Å²) in [5.41, 5.74) is 0.173. The fourth-order valence-corrected chi connectivity index (χ4v) is 3.45. The minimum absolute atomic E-state index is 0.00905. The van der Waals surface area contributed by atoms with Crippen LogP contribution >= 0.6 is 0 Å². The quantitative estimate of drug-likeness (QED) is 0.739. The van der Waals surface area contributed by atoms with Gasteiger partial charge in [-0.1, -0.05) is 25.3 Å².